The molecule has 21 heavy (non-hydrogen) atoms. The van der Waals surface area contributed by atoms with E-state index < -0.39 is 30.3 Å². The van der Waals surface area contributed by atoms with Gasteiger partial charge < -0.3 is 15.5 Å². The highest BCUT2D eigenvalue weighted by Gasteiger charge is 2.23. The Bertz CT molecular complexity index is 561. The van der Waals surface area contributed by atoms with Crippen LogP contribution in [0.2, 0.25) is 5.15 Å². The number of carbonyl (C=O) groups excluding carboxylic acids is 1. The summed E-state index contributed by atoms with van der Waals surface area (Å²) in [5.41, 5.74) is 0.760. The topological polar surface area (TPSA) is 117 Å². The molecule has 1 aromatic heterocycles. The van der Waals surface area contributed by atoms with Crippen molar-refractivity contribution in [2.45, 2.75) is 32.2 Å². The fourth-order valence-electron chi connectivity index (χ4n) is 1.68. The molecule has 0 saturated carbocycles. The maximum absolute atomic E-state index is 12.0. The van der Waals surface area contributed by atoms with Gasteiger partial charge in [0.25, 0.3) is 5.91 Å². The molecular formula is C13H15ClN2O5. The molecule has 0 spiro atoms. The number of aliphatic carboxylic acids is 2. The van der Waals surface area contributed by atoms with Crippen LogP contribution >= 0.6 is 11.6 Å². The van der Waals surface area contributed by atoms with Crippen LogP contribution < -0.4 is 5.32 Å². The molecule has 114 valence electrons. The molecule has 3 N–H and O–H groups in total. The minimum atomic E-state index is -1.50. The van der Waals surface area contributed by atoms with Gasteiger partial charge in [0, 0.05) is 11.3 Å². The third kappa shape index (κ3) is 5.39. The molecule has 0 fully saturated rings. The molecule has 1 rings (SSSR count). The summed E-state index contributed by atoms with van der Waals surface area (Å²) in [6.07, 6.45) is 0.727. The van der Waals surface area contributed by atoms with Crippen LogP contribution in [0.1, 0.15) is 35.8 Å². The van der Waals surface area contributed by atoms with Crippen LogP contribution in [0, 0.1) is 0 Å². The van der Waals surface area contributed by atoms with Gasteiger partial charge in [0.1, 0.15) is 11.2 Å². The van der Waals surface area contributed by atoms with E-state index in [1.54, 1.807) is 0 Å². The predicted octanol–water partition coefficient (Wildman–Crippen LogP) is 1.35. The van der Waals surface area contributed by atoms with Crippen molar-refractivity contribution < 1.29 is 24.6 Å². The molecule has 0 saturated heterocycles. The molecule has 0 bridgehead atoms. The first kappa shape index (κ1) is 16.9. The molecule has 0 aliphatic carbocycles. The largest absolute Gasteiger partial charge is 0.481 e. The van der Waals surface area contributed by atoms with E-state index in [0.29, 0.717) is 12.1 Å². The molecule has 0 aromatic carbocycles. The second kappa shape index (κ2) is 7.58. The zero-order valence-electron chi connectivity index (χ0n) is 11.3. The fourth-order valence-corrected chi connectivity index (χ4v) is 1.91. The van der Waals surface area contributed by atoms with Crippen molar-refractivity contribution in [2.24, 2.45) is 0 Å². The third-order valence-electron chi connectivity index (χ3n) is 2.60. The number of hydrogen-bond donors (Lipinski definition) is 3. The lowest BCUT2D eigenvalue weighted by Gasteiger charge is -2.13. The van der Waals surface area contributed by atoms with E-state index in [9.17, 15) is 14.4 Å². The highest BCUT2D eigenvalue weighted by Crippen LogP contribution is 2.13. The number of halogens is 1. The van der Waals surface area contributed by atoms with E-state index in [0.717, 1.165) is 6.42 Å². The summed E-state index contributed by atoms with van der Waals surface area (Å²) >= 11 is 5.81. The van der Waals surface area contributed by atoms with Gasteiger partial charge in [-0.05, 0) is 18.6 Å². The number of hydrogen-bond acceptors (Lipinski definition) is 4. The number of nitrogens with zero attached hydrogens (tertiary/aromatic N) is 1. The van der Waals surface area contributed by atoms with E-state index in [1.165, 1.54) is 12.1 Å². The fraction of sp³-hybridized carbons (Fsp3) is 0.385. The van der Waals surface area contributed by atoms with E-state index in [4.69, 9.17) is 21.8 Å². The van der Waals surface area contributed by atoms with E-state index >= 15 is 0 Å². The number of aromatic nitrogens is 1. The molecule has 1 heterocycles. The van der Waals surface area contributed by atoms with Crippen LogP contribution in [0.25, 0.3) is 0 Å². The van der Waals surface area contributed by atoms with Crippen molar-refractivity contribution in [3.05, 3.63) is 28.5 Å². The molecule has 0 aliphatic rings. The summed E-state index contributed by atoms with van der Waals surface area (Å²) in [7, 11) is 0. The van der Waals surface area contributed by atoms with Crippen LogP contribution in [0.3, 0.4) is 0 Å². The highest BCUT2D eigenvalue weighted by atomic mass is 35.5. The summed E-state index contributed by atoms with van der Waals surface area (Å²) in [4.78, 5) is 37.5. The lowest BCUT2D eigenvalue weighted by Crippen LogP contribution is -2.42. The van der Waals surface area contributed by atoms with Crippen molar-refractivity contribution in [3.8, 4) is 0 Å². The van der Waals surface area contributed by atoms with Gasteiger partial charge in [0.05, 0.1) is 6.42 Å². The minimum Gasteiger partial charge on any atom is -0.481 e. The number of carboxylic acids is 2. The van der Waals surface area contributed by atoms with Crippen molar-refractivity contribution >= 4 is 29.4 Å². The smallest absolute Gasteiger partial charge is 0.326 e. The Kier molecular flexibility index (Phi) is 6.10. The van der Waals surface area contributed by atoms with E-state index in [-0.39, 0.29) is 10.7 Å². The number of rotatable bonds is 7. The number of aryl methyl sites for hydroxylation is 1. The van der Waals surface area contributed by atoms with Crippen molar-refractivity contribution in [1.29, 1.82) is 0 Å². The standard InChI is InChI=1S/C13H15ClN2O5/c1-2-3-8-4-7(5-10(14)15-8)12(19)16-9(13(20)21)6-11(17)18/h4-5,9H,2-3,6H2,1H3,(H,16,19)(H,17,18)(H,20,21). The first-order chi connectivity index (χ1) is 9.83. The maximum atomic E-state index is 12.0. The Labute approximate surface area is 125 Å². The number of nitrogens with one attached hydrogen (secondary N) is 1. The summed E-state index contributed by atoms with van der Waals surface area (Å²) in [6, 6.07) is 1.30. The number of carbonyl (C=O) groups is 3. The van der Waals surface area contributed by atoms with Crippen LogP contribution in [0.5, 0.6) is 0 Å². The zero-order valence-corrected chi connectivity index (χ0v) is 12.1. The SMILES string of the molecule is CCCc1cc(C(=O)NC(CC(=O)O)C(=O)O)cc(Cl)n1. The average molecular weight is 315 g/mol. The van der Waals surface area contributed by atoms with Crippen LogP contribution in [-0.4, -0.2) is 39.1 Å². The van der Waals surface area contributed by atoms with Crippen LogP contribution in [0.15, 0.2) is 12.1 Å². The Morgan fingerprint density at radius 1 is 1.33 bits per heavy atom. The van der Waals surface area contributed by atoms with E-state index in [2.05, 4.69) is 10.3 Å². The second-order valence-corrected chi connectivity index (χ2v) is 4.77. The maximum Gasteiger partial charge on any atom is 0.326 e. The molecule has 8 heteroatoms. The lowest BCUT2D eigenvalue weighted by atomic mass is 10.1. The van der Waals surface area contributed by atoms with Gasteiger partial charge in [0.15, 0.2) is 0 Å². The van der Waals surface area contributed by atoms with Gasteiger partial charge in [0.2, 0.25) is 0 Å². The molecule has 0 aliphatic heterocycles. The van der Waals surface area contributed by atoms with Gasteiger partial charge >= 0.3 is 11.9 Å². The lowest BCUT2D eigenvalue weighted by molar-refractivity contribution is -0.145. The van der Waals surface area contributed by atoms with Gasteiger partial charge in [-0.25, -0.2) is 9.78 Å². The molecule has 1 amide bonds. The van der Waals surface area contributed by atoms with Gasteiger partial charge in [-0.1, -0.05) is 24.9 Å². The normalized spacial score (nSPS) is 11.7. The van der Waals surface area contributed by atoms with Gasteiger partial charge in [-0.3, -0.25) is 9.59 Å². The monoisotopic (exact) mass is 314 g/mol. The number of carboxylic acid groups (broad SMARTS) is 2. The van der Waals surface area contributed by atoms with Crippen LogP contribution in [0.4, 0.5) is 0 Å². The summed E-state index contributed by atoms with van der Waals surface area (Å²) < 4.78 is 0. The molecular weight excluding hydrogens is 300 g/mol. The molecule has 0 radical (unpaired) electrons. The quantitative estimate of drug-likeness (QED) is 0.654. The first-order valence-electron chi connectivity index (χ1n) is 6.25. The minimum absolute atomic E-state index is 0.121. The van der Waals surface area contributed by atoms with Crippen molar-refractivity contribution in [1.82, 2.24) is 10.3 Å². The third-order valence-corrected chi connectivity index (χ3v) is 2.79. The Morgan fingerprint density at radius 3 is 2.52 bits per heavy atom. The first-order valence-corrected chi connectivity index (χ1v) is 6.63. The van der Waals surface area contributed by atoms with Gasteiger partial charge in [-0.2, -0.15) is 0 Å². The molecule has 1 aromatic rings. The zero-order chi connectivity index (χ0) is 16.0. The summed E-state index contributed by atoms with van der Waals surface area (Å²) in [5, 5.41) is 19.8. The molecule has 1 unspecified atom stereocenters. The number of pyridine rings is 1. The molecule has 1 atom stereocenters. The van der Waals surface area contributed by atoms with Crippen molar-refractivity contribution in [2.75, 3.05) is 0 Å². The summed E-state index contributed by atoms with van der Waals surface area (Å²) in [6.45, 7) is 1.94. The van der Waals surface area contributed by atoms with Crippen molar-refractivity contribution in [3.63, 3.8) is 0 Å². The average Bonchev–Trinajstić information content (AvgIpc) is 2.36. The van der Waals surface area contributed by atoms with Gasteiger partial charge in [-0.15, -0.1) is 0 Å². The Hall–Kier alpha value is -2.15. The highest BCUT2D eigenvalue weighted by molar-refractivity contribution is 6.29. The number of amides is 1. The summed E-state index contributed by atoms with van der Waals surface area (Å²) in [5.74, 6) is -3.44. The second-order valence-electron chi connectivity index (χ2n) is 4.38. The Balaban J connectivity index is 2.91. The van der Waals surface area contributed by atoms with E-state index in [1.807, 2.05) is 6.92 Å². The van der Waals surface area contributed by atoms with Crippen LogP contribution in [-0.2, 0) is 16.0 Å². The Morgan fingerprint density at radius 2 is 2.00 bits per heavy atom. The molecule has 7 nitrogen and oxygen atoms in total. The predicted molar refractivity (Wildman–Crippen MR) is 74.4 cm³/mol.